The summed E-state index contributed by atoms with van der Waals surface area (Å²) in [6, 6.07) is 23.8. The Hall–Kier alpha value is -6.16. The number of thiocarbonyl (C=S) groups is 1. The van der Waals surface area contributed by atoms with E-state index >= 15 is 0 Å². The molecule has 0 aliphatic heterocycles. The van der Waals surface area contributed by atoms with Crippen molar-refractivity contribution < 1.29 is 29.3 Å². The molecule has 2 heterocycles. The number of aromatic carboxylic acids is 1. The number of nitro groups is 2. The molecule has 0 aliphatic carbocycles. The highest BCUT2D eigenvalue weighted by Gasteiger charge is 2.23. The zero-order chi connectivity index (χ0) is 35.9. The van der Waals surface area contributed by atoms with Crippen molar-refractivity contribution in [2.45, 2.75) is 0 Å². The lowest BCUT2D eigenvalue weighted by Crippen LogP contribution is -2.12. The second kappa shape index (κ2) is 15.4. The van der Waals surface area contributed by atoms with Crippen LogP contribution >= 0.6 is 34.9 Å². The molecule has 4 aromatic carbocycles. The largest absolute Gasteiger partial charge is 0.478 e. The fraction of sp³-hybridized carbons (Fsp3) is 0.0286. The summed E-state index contributed by atoms with van der Waals surface area (Å²) in [5, 5.41) is 38.8. The average Bonchev–Trinajstić information content (AvgIpc) is 3.84. The second-order valence-corrected chi connectivity index (χ2v) is 12.4. The number of nitrogens with two attached hydrogens (primary N) is 1. The summed E-state index contributed by atoms with van der Waals surface area (Å²) < 4.78 is 4.74. The fourth-order valence-corrected chi connectivity index (χ4v) is 6.57. The van der Waals surface area contributed by atoms with Crippen molar-refractivity contribution in [3.63, 3.8) is 0 Å². The number of methoxy groups -OCH3 is 1. The van der Waals surface area contributed by atoms with Crippen molar-refractivity contribution in [3.05, 3.63) is 144 Å². The normalized spacial score (nSPS) is 10.4. The number of aromatic nitrogens is 1. The molecule has 0 atom stereocenters. The third-order valence-corrected chi connectivity index (χ3v) is 9.12. The minimum absolute atomic E-state index is 0.000849. The number of para-hydroxylation sites is 2. The number of nitro benzene ring substituents is 2. The van der Waals surface area contributed by atoms with Crippen LogP contribution in [-0.2, 0) is 4.74 Å². The maximum atomic E-state index is 12.0. The summed E-state index contributed by atoms with van der Waals surface area (Å²) in [7, 11) is 1.24. The number of esters is 1. The highest BCUT2D eigenvalue weighted by atomic mass is 32.1. The van der Waals surface area contributed by atoms with Gasteiger partial charge in [-0.2, -0.15) is 11.3 Å². The fourth-order valence-electron chi connectivity index (χ4n) is 4.97. The number of benzene rings is 4. The van der Waals surface area contributed by atoms with Crippen LogP contribution in [0.4, 0.5) is 11.4 Å². The predicted octanol–water partition coefficient (Wildman–Crippen LogP) is 8.49. The Kier molecular flexibility index (Phi) is 10.8. The van der Waals surface area contributed by atoms with E-state index in [0.29, 0.717) is 32.8 Å². The van der Waals surface area contributed by atoms with Gasteiger partial charge in [-0.1, -0.05) is 60.7 Å². The molecular weight excluding hydrogens is 701 g/mol. The van der Waals surface area contributed by atoms with Crippen LogP contribution in [0.1, 0.15) is 26.3 Å². The molecule has 15 heteroatoms. The van der Waals surface area contributed by atoms with E-state index in [0.717, 1.165) is 11.3 Å². The number of thiophene rings is 1. The molecule has 2 aromatic heterocycles. The molecule has 0 saturated carbocycles. The number of hydrogen-bond donors (Lipinski definition) is 2. The summed E-state index contributed by atoms with van der Waals surface area (Å²) in [6.07, 6.45) is 0. The smallest absolute Gasteiger partial charge is 0.338 e. The first-order valence-corrected chi connectivity index (χ1v) is 16.6. The SMILES string of the molecule is COC(=O)c1cc(C(N)=S)ccc1-c1ccccc1[N+](=O)[O-].O=C(O)c1cc(-c2nc(-c3ccsc3)cs2)ccc1-c1ccccc1[N+](=O)[O-]. The Balaban J connectivity index is 0.000000201. The van der Waals surface area contributed by atoms with Crippen LogP contribution in [0.5, 0.6) is 0 Å². The van der Waals surface area contributed by atoms with Crippen molar-refractivity contribution in [3.8, 4) is 44.1 Å². The Morgan fingerprint density at radius 2 is 1.40 bits per heavy atom. The Morgan fingerprint density at radius 1 is 0.800 bits per heavy atom. The third kappa shape index (κ3) is 7.60. The Bertz CT molecular complexity index is 2270. The molecule has 0 unspecified atom stereocenters. The quantitative estimate of drug-likeness (QED) is 0.0629. The van der Waals surface area contributed by atoms with E-state index in [1.54, 1.807) is 72.0 Å². The molecule has 0 bridgehead atoms. The number of carboxylic acids is 1. The van der Waals surface area contributed by atoms with Crippen molar-refractivity contribution in [2.24, 2.45) is 5.73 Å². The highest BCUT2D eigenvalue weighted by Crippen LogP contribution is 2.37. The van der Waals surface area contributed by atoms with Crippen LogP contribution in [0.15, 0.2) is 107 Å². The summed E-state index contributed by atoms with van der Waals surface area (Å²) in [5.74, 6) is -1.77. The summed E-state index contributed by atoms with van der Waals surface area (Å²) in [5.41, 5.74) is 9.78. The average molecular weight is 725 g/mol. The summed E-state index contributed by atoms with van der Waals surface area (Å²) >= 11 is 7.89. The third-order valence-electron chi connectivity index (χ3n) is 7.31. The van der Waals surface area contributed by atoms with Crippen LogP contribution in [0.2, 0.25) is 0 Å². The first-order chi connectivity index (χ1) is 24.0. The Morgan fingerprint density at radius 3 is 1.94 bits per heavy atom. The second-order valence-electron chi connectivity index (χ2n) is 10.3. The van der Waals surface area contributed by atoms with Gasteiger partial charge in [0.05, 0.1) is 44.9 Å². The van der Waals surface area contributed by atoms with Crippen molar-refractivity contribution >= 4 is 63.2 Å². The molecule has 250 valence electrons. The van der Waals surface area contributed by atoms with Gasteiger partial charge in [-0.25, -0.2) is 14.6 Å². The maximum absolute atomic E-state index is 12.0. The van der Waals surface area contributed by atoms with Crippen LogP contribution < -0.4 is 5.73 Å². The molecular formula is C35H24N4O8S3. The zero-order valence-electron chi connectivity index (χ0n) is 25.8. The molecule has 0 saturated heterocycles. The molecule has 3 N–H and O–H groups in total. The van der Waals surface area contributed by atoms with Gasteiger partial charge in [-0.15, -0.1) is 11.3 Å². The molecule has 50 heavy (non-hydrogen) atoms. The van der Waals surface area contributed by atoms with Gasteiger partial charge in [0.25, 0.3) is 11.4 Å². The molecule has 0 fully saturated rings. The van der Waals surface area contributed by atoms with Crippen molar-refractivity contribution in [2.75, 3.05) is 7.11 Å². The van der Waals surface area contributed by atoms with E-state index in [1.807, 2.05) is 22.2 Å². The van der Waals surface area contributed by atoms with E-state index in [9.17, 15) is 34.9 Å². The van der Waals surface area contributed by atoms with E-state index in [1.165, 1.54) is 42.7 Å². The van der Waals surface area contributed by atoms with Crippen molar-refractivity contribution in [1.29, 1.82) is 0 Å². The lowest BCUT2D eigenvalue weighted by molar-refractivity contribution is -0.384. The predicted molar refractivity (Wildman–Crippen MR) is 196 cm³/mol. The molecule has 6 rings (SSSR count). The number of hydrogen-bond acceptors (Lipinski definition) is 11. The lowest BCUT2D eigenvalue weighted by atomic mass is 9.96. The minimum atomic E-state index is -1.15. The topological polar surface area (TPSA) is 189 Å². The van der Waals surface area contributed by atoms with Gasteiger partial charge < -0.3 is 15.6 Å². The number of rotatable bonds is 9. The van der Waals surface area contributed by atoms with E-state index < -0.39 is 21.8 Å². The van der Waals surface area contributed by atoms with Crippen LogP contribution in [0.25, 0.3) is 44.1 Å². The monoisotopic (exact) mass is 724 g/mol. The molecule has 6 aromatic rings. The molecule has 12 nitrogen and oxygen atoms in total. The van der Waals surface area contributed by atoms with Gasteiger partial charge in [0.2, 0.25) is 0 Å². The minimum Gasteiger partial charge on any atom is -0.478 e. The van der Waals surface area contributed by atoms with E-state index in [2.05, 4.69) is 4.98 Å². The Labute approximate surface area is 297 Å². The number of thiazole rings is 1. The first kappa shape index (κ1) is 35.2. The lowest BCUT2D eigenvalue weighted by Gasteiger charge is -2.10. The summed E-state index contributed by atoms with van der Waals surface area (Å²) in [4.78, 5) is 50.1. The number of nitrogens with zero attached hydrogens (tertiary/aromatic N) is 3. The molecule has 0 aliphatic rings. The number of carbonyl (C=O) groups excluding carboxylic acids is 1. The van der Waals surface area contributed by atoms with Crippen LogP contribution in [-0.4, -0.2) is 44.0 Å². The van der Waals surface area contributed by atoms with E-state index in [-0.39, 0.29) is 33.1 Å². The van der Waals surface area contributed by atoms with Gasteiger partial charge >= 0.3 is 11.9 Å². The zero-order valence-corrected chi connectivity index (χ0v) is 28.3. The van der Waals surface area contributed by atoms with Gasteiger partial charge in [0.15, 0.2) is 0 Å². The van der Waals surface area contributed by atoms with Gasteiger partial charge in [0.1, 0.15) is 10.00 Å². The first-order valence-electron chi connectivity index (χ1n) is 14.4. The number of carbonyl (C=O) groups is 2. The van der Waals surface area contributed by atoms with Crippen LogP contribution in [0, 0.1) is 20.2 Å². The maximum Gasteiger partial charge on any atom is 0.338 e. The standard InChI is InChI=1S/C20H12N2O4S2.C15H12N2O4S/c23-20(24)16-9-12(19-21-17(11-28-19)13-7-8-27-10-13)5-6-14(16)15-3-1-2-4-18(15)22(25)26;1-21-15(18)12-8-9(14(16)22)6-7-10(12)11-4-2-3-5-13(11)17(19)20/h1-11H,(H,23,24);2-8H,1H3,(H2,16,22). The summed E-state index contributed by atoms with van der Waals surface area (Å²) in [6.45, 7) is 0. The van der Waals surface area contributed by atoms with Crippen molar-refractivity contribution in [1.82, 2.24) is 4.98 Å². The molecule has 0 radical (unpaired) electrons. The van der Waals surface area contributed by atoms with Gasteiger partial charge in [-0.3, -0.25) is 20.2 Å². The molecule has 0 amide bonds. The van der Waals surface area contributed by atoms with Gasteiger partial charge in [0, 0.05) is 50.7 Å². The van der Waals surface area contributed by atoms with Gasteiger partial charge in [-0.05, 0) is 35.7 Å². The number of ether oxygens (including phenoxy) is 1. The number of carboxylic acid groups (broad SMARTS) is 1. The highest BCUT2D eigenvalue weighted by molar-refractivity contribution is 7.80. The molecule has 0 spiro atoms. The van der Waals surface area contributed by atoms with E-state index in [4.69, 9.17) is 22.7 Å². The van der Waals surface area contributed by atoms with Crippen LogP contribution in [0.3, 0.4) is 0 Å².